The normalized spacial score (nSPS) is 26.5. The Balaban J connectivity index is 2.19. The zero-order chi connectivity index (χ0) is 15.6. The highest BCUT2D eigenvalue weighted by molar-refractivity contribution is 7.89. The standard InChI is InChI=1S/C15H24N2O3S/c1-10-4-6-13(8-11(10)2)17-21(18,19)15-7-5-12(16)9-14(15)20-3/h5,7,9-11,13,17H,4,6,8,16H2,1-3H3. The van der Waals surface area contributed by atoms with Crippen molar-refractivity contribution in [1.82, 2.24) is 4.72 Å². The van der Waals surface area contributed by atoms with Gasteiger partial charge in [0.1, 0.15) is 10.6 Å². The fraction of sp³-hybridized carbons (Fsp3) is 0.600. The van der Waals surface area contributed by atoms with E-state index in [1.165, 1.54) is 19.2 Å². The average Bonchev–Trinajstić information content (AvgIpc) is 2.42. The van der Waals surface area contributed by atoms with E-state index >= 15 is 0 Å². The minimum absolute atomic E-state index is 0.0107. The van der Waals surface area contributed by atoms with Gasteiger partial charge >= 0.3 is 0 Å². The van der Waals surface area contributed by atoms with Crippen LogP contribution in [0.5, 0.6) is 5.75 Å². The van der Waals surface area contributed by atoms with Gasteiger partial charge in [0.15, 0.2) is 0 Å². The van der Waals surface area contributed by atoms with E-state index in [4.69, 9.17) is 10.5 Å². The van der Waals surface area contributed by atoms with Crippen molar-refractivity contribution in [2.45, 2.75) is 44.0 Å². The van der Waals surface area contributed by atoms with E-state index in [-0.39, 0.29) is 16.7 Å². The summed E-state index contributed by atoms with van der Waals surface area (Å²) < 4.78 is 33.0. The van der Waals surface area contributed by atoms with E-state index in [9.17, 15) is 8.42 Å². The average molecular weight is 312 g/mol. The van der Waals surface area contributed by atoms with Crippen LogP contribution in [0, 0.1) is 11.8 Å². The van der Waals surface area contributed by atoms with E-state index in [0.717, 1.165) is 19.3 Å². The molecule has 5 nitrogen and oxygen atoms in total. The molecule has 1 aromatic carbocycles. The van der Waals surface area contributed by atoms with Gasteiger partial charge in [-0.15, -0.1) is 0 Å². The molecule has 1 fully saturated rings. The molecule has 0 aliphatic heterocycles. The van der Waals surface area contributed by atoms with Crippen molar-refractivity contribution in [1.29, 1.82) is 0 Å². The lowest BCUT2D eigenvalue weighted by Gasteiger charge is -2.32. The van der Waals surface area contributed by atoms with E-state index in [1.54, 1.807) is 6.07 Å². The highest BCUT2D eigenvalue weighted by Gasteiger charge is 2.29. The third-order valence-electron chi connectivity index (χ3n) is 4.40. The number of methoxy groups -OCH3 is 1. The number of sulfonamides is 1. The van der Waals surface area contributed by atoms with Crippen LogP contribution >= 0.6 is 0 Å². The fourth-order valence-corrected chi connectivity index (χ4v) is 4.28. The van der Waals surface area contributed by atoms with Crippen LogP contribution in [0.4, 0.5) is 5.69 Å². The molecule has 1 aromatic rings. The third kappa shape index (κ3) is 3.68. The Kier molecular flexibility index (Phi) is 4.78. The first kappa shape index (κ1) is 16.1. The number of nitrogens with two attached hydrogens (primary N) is 1. The minimum Gasteiger partial charge on any atom is -0.495 e. The molecule has 0 amide bonds. The van der Waals surface area contributed by atoms with Crippen molar-refractivity contribution in [3.05, 3.63) is 18.2 Å². The summed E-state index contributed by atoms with van der Waals surface area (Å²) in [5, 5.41) is 0. The number of hydrogen-bond donors (Lipinski definition) is 2. The number of anilines is 1. The predicted octanol–water partition coefficient (Wildman–Crippen LogP) is 2.38. The molecule has 3 unspecified atom stereocenters. The molecule has 0 aromatic heterocycles. The van der Waals surface area contributed by atoms with Gasteiger partial charge in [-0.05, 0) is 43.2 Å². The fourth-order valence-electron chi connectivity index (χ4n) is 2.84. The Hall–Kier alpha value is -1.27. The molecule has 1 saturated carbocycles. The predicted molar refractivity (Wildman–Crippen MR) is 83.7 cm³/mol. The molecule has 1 aliphatic rings. The number of nitrogen functional groups attached to an aromatic ring is 1. The quantitative estimate of drug-likeness (QED) is 0.836. The van der Waals surface area contributed by atoms with E-state index < -0.39 is 10.0 Å². The maximum atomic E-state index is 12.5. The molecule has 0 spiro atoms. The molecule has 2 rings (SSSR count). The van der Waals surface area contributed by atoms with Crippen molar-refractivity contribution in [3.63, 3.8) is 0 Å². The Morgan fingerprint density at radius 2 is 1.95 bits per heavy atom. The Bertz CT molecular complexity index is 601. The molecule has 118 valence electrons. The lowest BCUT2D eigenvalue weighted by molar-refractivity contribution is 0.241. The van der Waals surface area contributed by atoms with Gasteiger partial charge < -0.3 is 10.5 Å². The Morgan fingerprint density at radius 1 is 1.24 bits per heavy atom. The Morgan fingerprint density at radius 3 is 2.57 bits per heavy atom. The first-order chi connectivity index (χ1) is 9.83. The summed E-state index contributed by atoms with van der Waals surface area (Å²) in [5.74, 6) is 1.45. The number of nitrogens with one attached hydrogen (secondary N) is 1. The van der Waals surface area contributed by atoms with Gasteiger partial charge in [0, 0.05) is 17.8 Å². The molecular formula is C15H24N2O3S. The van der Waals surface area contributed by atoms with Gasteiger partial charge in [-0.3, -0.25) is 0 Å². The molecule has 3 N–H and O–H groups in total. The van der Waals surface area contributed by atoms with Crippen LogP contribution in [0.3, 0.4) is 0 Å². The molecule has 0 bridgehead atoms. The van der Waals surface area contributed by atoms with Crippen LogP contribution in [0.2, 0.25) is 0 Å². The van der Waals surface area contributed by atoms with E-state index in [2.05, 4.69) is 18.6 Å². The van der Waals surface area contributed by atoms with Crippen LogP contribution in [-0.4, -0.2) is 21.6 Å². The highest BCUT2D eigenvalue weighted by atomic mass is 32.2. The maximum absolute atomic E-state index is 12.5. The smallest absolute Gasteiger partial charge is 0.244 e. The van der Waals surface area contributed by atoms with Crippen molar-refractivity contribution in [2.24, 2.45) is 11.8 Å². The van der Waals surface area contributed by atoms with Gasteiger partial charge in [0.05, 0.1) is 7.11 Å². The monoisotopic (exact) mass is 312 g/mol. The van der Waals surface area contributed by atoms with Gasteiger partial charge in [0.2, 0.25) is 10.0 Å². The number of hydrogen-bond acceptors (Lipinski definition) is 4. The zero-order valence-corrected chi connectivity index (χ0v) is 13.6. The van der Waals surface area contributed by atoms with Gasteiger partial charge in [-0.1, -0.05) is 13.8 Å². The molecule has 3 atom stereocenters. The summed E-state index contributed by atoms with van der Waals surface area (Å²) in [6, 6.07) is 4.58. The van der Waals surface area contributed by atoms with Gasteiger partial charge in [-0.2, -0.15) is 0 Å². The van der Waals surface area contributed by atoms with Crippen molar-refractivity contribution in [2.75, 3.05) is 12.8 Å². The first-order valence-electron chi connectivity index (χ1n) is 7.29. The van der Waals surface area contributed by atoms with Crippen LogP contribution in [0.25, 0.3) is 0 Å². The molecule has 21 heavy (non-hydrogen) atoms. The number of rotatable bonds is 4. The molecule has 1 aliphatic carbocycles. The number of benzene rings is 1. The first-order valence-corrected chi connectivity index (χ1v) is 8.77. The molecule has 0 heterocycles. The lowest BCUT2D eigenvalue weighted by Crippen LogP contribution is -2.39. The molecular weight excluding hydrogens is 288 g/mol. The summed E-state index contributed by atoms with van der Waals surface area (Å²) in [4.78, 5) is 0.144. The maximum Gasteiger partial charge on any atom is 0.244 e. The number of ether oxygens (including phenoxy) is 1. The topological polar surface area (TPSA) is 81.4 Å². The second-order valence-corrected chi connectivity index (χ2v) is 7.68. The summed E-state index contributed by atoms with van der Waals surface area (Å²) in [6.07, 6.45) is 2.80. The van der Waals surface area contributed by atoms with Crippen LogP contribution in [0.15, 0.2) is 23.1 Å². The minimum atomic E-state index is -3.59. The van der Waals surface area contributed by atoms with Gasteiger partial charge in [0.25, 0.3) is 0 Å². The van der Waals surface area contributed by atoms with Crippen molar-refractivity contribution in [3.8, 4) is 5.75 Å². The van der Waals surface area contributed by atoms with Crippen LogP contribution in [-0.2, 0) is 10.0 Å². The molecule has 0 saturated heterocycles. The van der Waals surface area contributed by atoms with Gasteiger partial charge in [-0.25, -0.2) is 13.1 Å². The SMILES string of the molecule is COc1cc(N)ccc1S(=O)(=O)NC1CCC(C)C(C)C1. The summed E-state index contributed by atoms with van der Waals surface area (Å²) in [6.45, 7) is 4.40. The van der Waals surface area contributed by atoms with Crippen molar-refractivity contribution >= 4 is 15.7 Å². The second kappa shape index (κ2) is 6.23. The van der Waals surface area contributed by atoms with Crippen molar-refractivity contribution < 1.29 is 13.2 Å². The second-order valence-electron chi connectivity index (χ2n) is 6.00. The summed E-state index contributed by atoms with van der Waals surface area (Å²) >= 11 is 0. The highest BCUT2D eigenvalue weighted by Crippen LogP contribution is 2.31. The molecule has 6 heteroatoms. The Labute approximate surface area is 126 Å². The van der Waals surface area contributed by atoms with Crippen LogP contribution < -0.4 is 15.2 Å². The lowest BCUT2D eigenvalue weighted by atomic mass is 9.79. The zero-order valence-electron chi connectivity index (χ0n) is 12.8. The van der Waals surface area contributed by atoms with Crippen LogP contribution in [0.1, 0.15) is 33.1 Å². The summed E-state index contributed by atoms with van der Waals surface area (Å²) in [5.41, 5.74) is 6.15. The van der Waals surface area contributed by atoms with E-state index in [0.29, 0.717) is 17.5 Å². The summed E-state index contributed by atoms with van der Waals surface area (Å²) in [7, 11) is -2.15. The van der Waals surface area contributed by atoms with E-state index in [1.807, 2.05) is 0 Å². The molecule has 0 radical (unpaired) electrons. The largest absolute Gasteiger partial charge is 0.495 e. The third-order valence-corrected chi connectivity index (χ3v) is 5.96.